The fourth-order valence-corrected chi connectivity index (χ4v) is 3.44. The summed E-state index contributed by atoms with van der Waals surface area (Å²) in [7, 11) is -0.413. The van der Waals surface area contributed by atoms with E-state index in [0.717, 1.165) is 24.0 Å². The van der Waals surface area contributed by atoms with E-state index >= 15 is 0 Å². The second kappa shape index (κ2) is 6.87. The molecule has 1 aromatic rings. The average Bonchev–Trinajstić information content (AvgIpc) is 2.24. The number of rotatable bonds is 6. The summed E-state index contributed by atoms with van der Waals surface area (Å²) in [5.41, 5.74) is 2.09. The Bertz CT molecular complexity index is 274. The average molecular weight is 236 g/mol. The second-order valence-electron chi connectivity index (χ2n) is 5.15. The molecule has 2 heteroatoms. The second-order valence-corrected chi connectivity index (χ2v) is 6.84. The zero-order valence-electron chi connectivity index (χ0n) is 10.9. The molecule has 0 heterocycles. The van der Waals surface area contributed by atoms with Gasteiger partial charge in [-0.05, 0) is 22.9 Å². The minimum absolute atomic E-state index is 0.413. The molecule has 0 radical (unpaired) electrons. The van der Waals surface area contributed by atoms with E-state index in [2.05, 4.69) is 52.0 Å². The molecule has 0 aromatic heterocycles. The van der Waals surface area contributed by atoms with Gasteiger partial charge in [0.25, 0.3) is 0 Å². The molecule has 0 spiro atoms. The Kier molecular flexibility index (Phi) is 5.78. The fraction of sp³-hybridized carbons (Fsp3) is 0.571. The number of benzene rings is 1. The van der Waals surface area contributed by atoms with E-state index in [0.29, 0.717) is 0 Å². The van der Waals surface area contributed by atoms with Gasteiger partial charge in [0.1, 0.15) is 0 Å². The van der Waals surface area contributed by atoms with E-state index in [9.17, 15) is 0 Å². The first kappa shape index (κ1) is 13.5. The maximum absolute atomic E-state index is 5.94. The zero-order chi connectivity index (χ0) is 12.0. The van der Waals surface area contributed by atoms with Crippen molar-refractivity contribution in [3.8, 4) is 0 Å². The molecule has 0 aliphatic carbocycles. The third-order valence-corrected chi connectivity index (χ3v) is 5.84. The molecule has 90 valence electrons. The van der Waals surface area contributed by atoms with E-state index in [-0.39, 0.29) is 0 Å². The summed E-state index contributed by atoms with van der Waals surface area (Å²) in [6, 6.07) is 10.5. The Morgan fingerprint density at radius 3 is 2.06 bits per heavy atom. The molecule has 0 saturated carbocycles. The highest BCUT2D eigenvalue weighted by atomic mass is 28.2. The highest BCUT2D eigenvalue weighted by Gasteiger charge is 2.18. The van der Waals surface area contributed by atoms with Gasteiger partial charge in [0.15, 0.2) is 9.76 Å². The molecule has 0 saturated heterocycles. The van der Waals surface area contributed by atoms with Gasteiger partial charge in [0.05, 0.1) is 6.61 Å². The van der Waals surface area contributed by atoms with Crippen molar-refractivity contribution in [3.63, 3.8) is 0 Å². The van der Waals surface area contributed by atoms with E-state index in [1.165, 1.54) is 5.56 Å². The van der Waals surface area contributed by atoms with E-state index in [1.807, 2.05) is 6.07 Å². The van der Waals surface area contributed by atoms with Crippen LogP contribution in [0.2, 0.25) is 5.54 Å². The molecule has 0 aliphatic rings. The molecule has 16 heavy (non-hydrogen) atoms. The SMILES string of the molecule is CC(C)C([SiH2]OCc1ccccc1)C(C)C. The van der Waals surface area contributed by atoms with Crippen LogP contribution >= 0.6 is 0 Å². The predicted octanol–water partition coefficient (Wildman–Crippen LogP) is 3.39. The first-order valence-corrected chi connectivity index (χ1v) is 7.62. The van der Waals surface area contributed by atoms with Crippen LogP contribution in [0.25, 0.3) is 0 Å². The Balaban J connectivity index is 2.34. The van der Waals surface area contributed by atoms with Crippen LogP contribution in [0.1, 0.15) is 33.3 Å². The highest BCUT2D eigenvalue weighted by molar-refractivity contribution is 6.29. The van der Waals surface area contributed by atoms with Gasteiger partial charge in [-0.15, -0.1) is 0 Å². The highest BCUT2D eigenvalue weighted by Crippen LogP contribution is 2.25. The van der Waals surface area contributed by atoms with Crippen LogP contribution in [-0.4, -0.2) is 9.76 Å². The third kappa shape index (κ3) is 4.50. The van der Waals surface area contributed by atoms with Crippen LogP contribution < -0.4 is 0 Å². The van der Waals surface area contributed by atoms with Crippen LogP contribution in [0.5, 0.6) is 0 Å². The van der Waals surface area contributed by atoms with Gasteiger partial charge in [0, 0.05) is 0 Å². The molecule has 1 rings (SSSR count). The molecule has 0 amide bonds. The standard InChI is InChI=1S/C14H24OSi/c1-11(2)14(12(3)4)16-15-10-13-8-6-5-7-9-13/h5-9,11-12,14H,10,16H2,1-4H3. The molecule has 1 aromatic carbocycles. The summed E-state index contributed by atoms with van der Waals surface area (Å²) in [5.74, 6) is 1.50. The zero-order valence-corrected chi connectivity index (χ0v) is 12.4. The lowest BCUT2D eigenvalue weighted by molar-refractivity contribution is 0.297. The summed E-state index contributed by atoms with van der Waals surface area (Å²) in [6.45, 7) is 10.0. The topological polar surface area (TPSA) is 9.23 Å². The van der Waals surface area contributed by atoms with Crippen molar-refractivity contribution >= 4 is 9.76 Å². The van der Waals surface area contributed by atoms with Gasteiger partial charge in [-0.1, -0.05) is 58.0 Å². The lowest BCUT2D eigenvalue weighted by atomic mass is 10.00. The molecule has 0 unspecified atom stereocenters. The van der Waals surface area contributed by atoms with E-state index in [4.69, 9.17) is 4.43 Å². The molecule has 0 N–H and O–H groups in total. The smallest absolute Gasteiger partial charge is 0.165 e. The van der Waals surface area contributed by atoms with Gasteiger partial charge < -0.3 is 4.43 Å². The van der Waals surface area contributed by atoms with Gasteiger partial charge in [-0.25, -0.2) is 0 Å². The van der Waals surface area contributed by atoms with E-state index < -0.39 is 9.76 Å². The van der Waals surface area contributed by atoms with Crippen LogP contribution in [0, 0.1) is 11.8 Å². The first-order valence-electron chi connectivity index (χ1n) is 6.23. The third-order valence-electron chi connectivity index (χ3n) is 3.13. The summed E-state index contributed by atoms with van der Waals surface area (Å²) in [4.78, 5) is 0. The lowest BCUT2D eigenvalue weighted by Gasteiger charge is -2.23. The van der Waals surface area contributed by atoms with Crippen molar-refractivity contribution < 1.29 is 4.43 Å². The van der Waals surface area contributed by atoms with Crippen molar-refractivity contribution in [2.24, 2.45) is 11.8 Å². The fourth-order valence-electron chi connectivity index (χ4n) is 2.04. The van der Waals surface area contributed by atoms with Crippen LogP contribution in [0.3, 0.4) is 0 Å². The quantitative estimate of drug-likeness (QED) is 0.688. The Morgan fingerprint density at radius 1 is 1.00 bits per heavy atom. The Labute approximate surface area is 102 Å². The lowest BCUT2D eigenvalue weighted by Crippen LogP contribution is -2.18. The van der Waals surface area contributed by atoms with Crippen molar-refractivity contribution in [1.29, 1.82) is 0 Å². The maximum atomic E-state index is 5.94. The summed E-state index contributed by atoms with van der Waals surface area (Å²) in [6.07, 6.45) is 0. The minimum atomic E-state index is -0.413. The number of hydrogen-bond donors (Lipinski definition) is 0. The maximum Gasteiger partial charge on any atom is 0.165 e. The molecule has 0 atom stereocenters. The largest absolute Gasteiger partial charge is 0.419 e. The first-order chi connectivity index (χ1) is 7.61. The monoisotopic (exact) mass is 236 g/mol. The molecular formula is C14H24OSi. The van der Waals surface area contributed by atoms with Crippen LogP contribution in [0.4, 0.5) is 0 Å². The molecule has 0 fully saturated rings. The molecule has 1 nitrogen and oxygen atoms in total. The molecule has 0 aliphatic heterocycles. The van der Waals surface area contributed by atoms with Crippen molar-refractivity contribution in [2.45, 2.75) is 39.8 Å². The summed E-state index contributed by atoms with van der Waals surface area (Å²) in [5, 5.41) is 0. The Morgan fingerprint density at radius 2 is 1.56 bits per heavy atom. The van der Waals surface area contributed by atoms with Crippen LogP contribution in [-0.2, 0) is 11.0 Å². The Hall–Kier alpha value is -0.603. The van der Waals surface area contributed by atoms with E-state index in [1.54, 1.807) is 0 Å². The summed E-state index contributed by atoms with van der Waals surface area (Å²) >= 11 is 0. The molecule has 0 bridgehead atoms. The normalized spacial score (nSPS) is 12.4. The van der Waals surface area contributed by atoms with Gasteiger partial charge in [0.2, 0.25) is 0 Å². The summed E-state index contributed by atoms with van der Waals surface area (Å²) < 4.78 is 5.94. The van der Waals surface area contributed by atoms with Gasteiger partial charge in [-0.2, -0.15) is 0 Å². The van der Waals surface area contributed by atoms with Crippen molar-refractivity contribution in [3.05, 3.63) is 35.9 Å². The van der Waals surface area contributed by atoms with Crippen molar-refractivity contribution in [1.82, 2.24) is 0 Å². The molecular weight excluding hydrogens is 212 g/mol. The number of hydrogen-bond acceptors (Lipinski definition) is 1. The van der Waals surface area contributed by atoms with Crippen LogP contribution in [0.15, 0.2) is 30.3 Å². The van der Waals surface area contributed by atoms with Crippen molar-refractivity contribution in [2.75, 3.05) is 0 Å². The van der Waals surface area contributed by atoms with Gasteiger partial charge >= 0.3 is 0 Å². The van der Waals surface area contributed by atoms with Gasteiger partial charge in [-0.3, -0.25) is 0 Å². The predicted molar refractivity (Wildman–Crippen MR) is 73.2 cm³/mol. The minimum Gasteiger partial charge on any atom is -0.419 e.